The number of thiophene rings is 1. The largest absolute Gasteiger partial charge is 0.339 e. The number of carbonyl (C=O) groups excluding carboxylic acids is 2. The minimum atomic E-state index is -3.63. The smallest absolute Gasteiger partial charge is 0.257 e. The van der Waals surface area contributed by atoms with Crippen LogP contribution in [0.1, 0.15) is 97.9 Å². The zero-order valence-electron chi connectivity index (χ0n) is 24.8. The molecule has 3 rings (SSSR count). The molecule has 10 heteroatoms. The van der Waals surface area contributed by atoms with Crippen molar-refractivity contribution in [3.05, 3.63) is 45.8 Å². The van der Waals surface area contributed by atoms with Crippen molar-refractivity contribution < 1.29 is 18.0 Å². The van der Waals surface area contributed by atoms with Gasteiger partial charge < -0.3 is 10.2 Å². The second kappa shape index (κ2) is 15.1. The van der Waals surface area contributed by atoms with Gasteiger partial charge in [-0.1, -0.05) is 34.6 Å². The van der Waals surface area contributed by atoms with Gasteiger partial charge in [0.05, 0.1) is 10.5 Å². The van der Waals surface area contributed by atoms with E-state index >= 15 is 0 Å². The van der Waals surface area contributed by atoms with E-state index in [0.717, 1.165) is 68.6 Å². The number of fused-ring (bicyclic) bond motifs is 1. The predicted molar refractivity (Wildman–Crippen MR) is 164 cm³/mol. The van der Waals surface area contributed by atoms with Crippen LogP contribution in [-0.2, 0) is 23.0 Å². The fourth-order valence-electron chi connectivity index (χ4n) is 5.24. The Morgan fingerprint density at radius 2 is 1.50 bits per heavy atom. The van der Waals surface area contributed by atoms with Gasteiger partial charge in [0.15, 0.2) is 0 Å². The quantitative estimate of drug-likeness (QED) is 0.281. The third-order valence-electron chi connectivity index (χ3n) is 7.09. The minimum absolute atomic E-state index is 0.0196. The highest BCUT2D eigenvalue weighted by molar-refractivity contribution is 7.89. The van der Waals surface area contributed by atoms with Crippen LogP contribution >= 0.6 is 11.3 Å². The lowest BCUT2D eigenvalue weighted by Gasteiger charge is -2.27. The fourth-order valence-corrected chi connectivity index (χ4v) is 8.15. The molecule has 40 heavy (non-hydrogen) atoms. The molecule has 1 N–H and O–H groups in total. The van der Waals surface area contributed by atoms with Gasteiger partial charge in [0, 0.05) is 49.7 Å². The van der Waals surface area contributed by atoms with Gasteiger partial charge in [0.1, 0.15) is 5.00 Å². The van der Waals surface area contributed by atoms with Gasteiger partial charge in [-0.25, -0.2) is 8.42 Å². The second-order valence-electron chi connectivity index (χ2n) is 10.4. The van der Waals surface area contributed by atoms with E-state index in [2.05, 4.69) is 31.0 Å². The van der Waals surface area contributed by atoms with Crippen molar-refractivity contribution in [1.29, 1.82) is 0 Å². The Morgan fingerprint density at radius 3 is 2.05 bits per heavy atom. The Bertz CT molecular complexity index is 1230. The molecule has 0 fully saturated rings. The zero-order valence-corrected chi connectivity index (χ0v) is 26.4. The van der Waals surface area contributed by atoms with Gasteiger partial charge in [0.25, 0.3) is 11.8 Å². The first-order chi connectivity index (χ1) is 19.2. The molecule has 0 bridgehead atoms. The third kappa shape index (κ3) is 7.51. The molecule has 0 spiro atoms. The maximum atomic E-state index is 13.8. The normalized spacial score (nSPS) is 13.8. The first-order valence-corrected chi connectivity index (χ1v) is 17.0. The van der Waals surface area contributed by atoms with Crippen molar-refractivity contribution in [1.82, 2.24) is 14.1 Å². The first kappa shape index (κ1) is 32.2. The van der Waals surface area contributed by atoms with Gasteiger partial charge in [-0.15, -0.1) is 11.3 Å². The summed E-state index contributed by atoms with van der Waals surface area (Å²) in [7, 11) is -3.63. The number of hydrogen-bond acceptors (Lipinski definition) is 6. The average Bonchev–Trinajstić information content (AvgIpc) is 3.29. The van der Waals surface area contributed by atoms with E-state index in [9.17, 15) is 18.0 Å². The van der Waals surface area contributed by atoms with Crippen molar-refractivity contribution in [2.75, 3.05) is 44.6 Å². The maximum absolute atomic E-state index is 13.8. The number of nitrogens with zero attached hydrogens (tertiary/aromatic N) is 3. The van der Waals surface area contributed by atoms with Crippen LogP contribution in [0.2, 0.25) is 0 Å². The summed E-state index contributed by atoms with van der Waals surface area (Å²) < 4.78 is 27.8. The van der Waals surface area contributed by atoms with Crippen LogP contribution in [-0.4, -0.2) is 73.6 Å². The summed E-state index contributed by atoms with van der Waals surface area (Å²) in [6.45, 7) is 15.2. The van der Waals surface area contributed by atoms with Crippen molar-refractivity contribution in [2.45, 2.75) is 84.6 Å². The molecule has 1 aliphatic heterocycles. The summed E-state index contributed by atoms with van der Waals surface area (Å²) in [4.78, 5) is 32.8. The number of benzene rings is 1. The molecule has 8 nitrogen and oxygen atoms in total. The van der Waals surface area contributed by atoms with Crippen LogP contribution in [0.5, 0.6) is 0 Å². The molecule has 1 aromatic carbocycles. The molecule has 0 unspecified atom stereocenters. The van der Waals surface area contributed by atoms with Gasteiger partial charge in [-0.2, -0.15) is 4.31 Å². The molecule has 1 aromatic heterocycles. The van der Waals surface area contributed by atoms with E-state index in [1.807, 2.05) is 18.7 Å². The molecular formula is C30H46N4O4S2. The van der Waals surface area contributed by atoms with Crippen molar-refractivity contribution >= 4 is 38.2 Å². The Morgan fingerprint density at radius 1 is 0.900 bits per heavy atom. The zero-order chi connectivity index (χ0) is 29.3. The van der Waals surface area contributed by atoms with Gasteiger partial charge in [-0.05, 0) is 74.9 Å². The standard InChI is InChI=1S/C30H46N4O4S2/c1-6-16-32-21-15-25-26(22-32)39-29(27(25)30(36)33(17-7-2)18-8-3)31-28(35)23-11-13-24(14-12-23)40(37,38)34(19-9-4)20-10-5/h11-14H,6-10,15-22H2,1-5H3,(H,31,35). The Labute approximate surface area is 244 Å². The topological polar surface area (TPSA) is 90.0 Å². The van der Waals surface area contributed by atoms with E-state index in [4.69, 9.17) is 0 Å². The lowest BCUT2D eigenvalue weighted by atomic mass is 10.0. The van der Waals surface area contributed by atoms with E-state index in [1.54, 1.807) is 12.1 Å². The summed E-state index contributed by atoms with van der Waals surface area (Å²) in [5, 5.41) is 3.61. The molecular weight excluding hydrogens is 544 g/mol. The molecule has 0 saturated heterocycles. The number of carbonyl (C=O) groups is 2. The number of amides is 2. The number of rotatable bonds is 15. The summed E-state index contributed by atoms with van der Waals surface area (Å²) in [5.41, 5.74) is 2.04. The van der Waals surface area contributed by atoms with Gasteiger partial charge in [0.2, 0.25) is 10.0 Å². The molecule has 2 aromatic rings. The van der Waals surface area contributed by atoms with E-state index in [0.29, 0.717) is 42.3 Å². The van der Waals surface area contributed by atoms with Gasteiger partial charge >= 0.3 is 0 Å². The fraction of sp³-hybridized carbons (Fsp3) is 0.600. The highest BCUT2D eigenvalue weighted by Gasteiger charge is 2.31. The number of nitrogens with one attached hydrogen (secondary N) is 1. The number of anilines is 1. The first-order valence-electron chi connectivity index (χ1n) is 14.8. The minimum Gasteiger partial charge on any atom is -0.339 e. The third-order valence-corrected chi connectivity index (χ3v) is 10.1. The Balaban J connectivity index is 1.91. The lowest BCUT2D eigenvalue weighted by Crippen LogP contribution is -2.35. The van der Waals surface area contributed by atoms with Crippen LogP contribution < -0.4 is 5.32 Å². The molecule has 222 valence electrons. The van der Waals surface area contributed by atoms with Crippen molar-refractivity contribution in [3.8, 4) is 0 Å². The van der Waals surface area contributed by atoms with Crippen LogP contribution in [0.25, 0.3) is 0 Å². The lowest BCUT2D eigenvalue weighted by molar-refractivity contribution is 0.0755. The number of sulfonamides is 1. The molecule has 2 amide bonds. The maximum Gasteiger partial charge on any atom is 0.257 e. The van der Waals surface area contributed by atoms with Crippen LogP contribution in [0.4, 0.5) is 5.00 Å². The molecule has 0 aliphatic carbocycles. The van der Waals surface area contributed by atoms with Crippen LogP contribution in [0.15, 0.2) is 29.2 Å². The monoisotopic (exact) mass is 590 g/mol. The molecule has 0 atom stereocenters. The van der Waals surface area contributed by atoms with Crippen molar-refractivity contribution in [2.24, 2.45) is 0 Å². The molecule has 0 saturated carbocycles. The SMILES string of the molecule is CCCN1CCc2c(sc(NC(=O)c3ccc(S(=O)(=O)N(CCC)CCC)cc3)c2C(=O)N(CCC)CCC)C1. The summed E-state index contributed by atoms with van der Waals surface area (Å²) in [5.74, 6) is -0.368. The summed E-state index contributed by atoms with van der Waals surface area (Å²) in [6.07, 6.45) is 5.05. The molecule has 1 aliphatic rings. The molecule has 0 radical (unpaired) electrons. The predicted octanol–water partition coefficient (Wildman–Crippen LogP) is 5.84. The highest BCUT2D eigenvalue weighted by atomic mass is 32.2. The summed E-state index contributed by atoms with van der Waals surface area (Å²) in [6, 6.07) is 6.11. The Hall–Kier alpha value is -2.27. The van der Waals surface area contributed by atoms with Crippen LogP contribution in [0.3, 0.4) is 0 Å². The second-order valence-corrected chi connectivity index (χ2v) is 13.5. The molecule has 2 heterocycles. The van der Waals surface area contributed by atoms with E-state index in [1.165, 1.54) is 27.8 Å². The number of hydrogen-bond donors (Lipinski definition) is 1. The Kier molecular flexibility index (Phi) is 12.2. The highest BCUT2D eigenvalue weighted by Crippen LogP contribution is 2.38. The average molecular weight is 591 g/mol. The van der Waals surface area contributed by atoms with Crippen molar-refractivity contribution in [3.63, 3.8) is 0 Å². The summed E-state index contributed by atoms with van der Waals surface area (Å²) >= 11 is 1.50. The van der Waals surface area contributed by atoms with Gasteiger partial charge in [-0.3, -0.25) is 14.5 Å². The van der Waals surface area contributed by atoms with Crippen LogP contribution in [0, 0.1) is 0 Å². The van der Waals surface area contributed by atoms with E-state index < -0.39 is 10.0 Å². The van der Waals surface area contributed by atoms with E-state index in [-0.39, 0.29) is 16.7 Å².